The van der Waals surface area contributed by atoms with Gasteiger partial charge in [0.05, 0.1) is 16.0 Å². The van der Waals surface area contributed by atoms with Gasteiger partial charge in [0.2, 0.25) is 0 Å². The average Bonchev–Trinajstić information content (AvgIpc) is 3.23. The van der Waals surface area contributed by atoms with Gasteiger partial charge in [-0.1, -0.05) is 30.3 Å². The lowest BCUT2D eigenvalue weighted by atomic mass is 10.1. The molecule has 0 atom stereocenters. The van der Waals surface area contributed by atoms with E-state index in [9.17, 15) is 9.59 Å². The monoisotopic (exact) mass is 412 g/mol. The fourth-order valence-electron chi connectivity index (χ4n) is 3.11. The number of hydrogen-bond acceptors (Lipinski definition) is 6. The Kier molecular flexibility index (Phi) is 5.46. The zero-order chi connectivity index (χ0) is 19.7. The van der Waals surface area contributed by atoms with E-state index in [1.165, 1.54) is 10.2 Å². The smallest absolute Gasteiger partial charge is 0.364 e. The Morgan fingerprint density at radius 2 is 1.71 bits per heavy atom. The molecular formula is C21H20N2O3S2. The van der Waals surface area contributed by atoms with E-state index in [4.69, 9.17) is 4.74 Å². The van der Waals surface area contributed by atoms with Crippen LogP contribution in [0.1, 0.15) is 40.5 Å². The van der Waals surface area contributed by atoms with Crippen LogP contribution < -0.4 is 10.3 Å². The number of ether oxygens (including phenoxy) is 1. The number of aromatic nitrogens is 2. The largest absolute Gasteiger partial charge is 0.422 e. The third-order valence-corrected chi connectivity index (χ3v) is 7.60. The zero-order valence-electron chi connectivity index (χ0n) is 15.6. The maximum absolute atomic E-state index is 12.8. The summed E-state index contributed by atoms with van der Waals surface area (Å²) in [7, 11) is 0. The molecule has 0 bridgehead atoms. The third-order valence-electron chi connectivity index (χ3n) is 4.50. The van der Waals surface area contributed by atoms with E-state index in [1.54, 1.807) is 24.3 Å². The molecule has 144 valence electrons. The van der Waals surface area contributed by atoms with Crippen LogP contribution >= 0.6 is 23.5 Å². The summed E-state index contributed by atoms with van der Waals surface area (Å²) in [5, 5.41) is 5.27. The molecule has 2 aromatic carbocycles. The number of carbonyl (C=O) groups is 1. The third kappa shape index (κ3) is 3.69. The lowest BCUT2D eigenvalue weighted by molar-refractivity contribution is 0.0727. The van der Waals surface area contributed by atoms with Crippen LogP contribution in [-0.4, -0.2) is 27.3 Å². The maximum Gasteiger partial charge on any atom is 0.364 e. The molecule has 1 saturated heterocycles. The Morgan fingerprint density at radius 1 is 1.07 bits per heavy atom. The van der Waals surface area contributed by atoms with Crippen LogP contribution in [0.4, 0.5) is 0 Å². The molecule has 4 rings (SSSR count). The minimum Gasteiger partial charge on any atom is -0.422 e. The first-order chi connectivity index (χ1) is 13.5. The van der Waals surface area contributed by atoms with Crippen molar-refractivity contribution >= 4 is 40.3 Å². The number of rotatable bonds is 4. The van der Waals surface area contributed by atoms with Crippen LogP contribution in [0.25, 0.3) is 10.8 Å². The lowest BCUT2D eigenvalue weighted by Gasteiger charge is -2.13. The summed E-state index contributed by atoms with van der Waals surface area (Å²) in [5.74, 6) is 2.23. The van der Waals surface area contributed by atoms with E-state index in [0.717, 1.165) is 11.5 Å². The van der Waals surface area contributed by atoms with Gasteiger partial charge in [0.25, 0.3) is 5.56 Å². The molecule has 1 aliphatic rings. The first-order valence-electron chi connectivity index (χ1n) is 9.11. The van der Waals surface area contributed by atoms with Crippen molar-refractivity contribution in [1.82, 2.24) is 9.78 Å². The van der Waals surface area contributed by atoms with Crippen molar-refractivity contribution in [3.63, 3.8) is 0 Å². The predicted molar refractivity (Wildman–Crippen MR) is 115 cm³/mol. The van der Waals surface area contributed by atoms with Crippen LogP contribution in [0.5, 0.6) is 5.75 Å². The first-order valence-corrected chi connectivity index (χ1v) is 11.2. The van der Waals surface area contributed by atoms with Crippen LogP contribution in [0, 0.1) is 0 Å². The van der Waals surface area contributed by atoms with Crippen molar-refractivity contribution in [2.45, 2.75) is 24.5 Å². The number of hydrogen-bond donors (Lipinski definition) is 0. The molecule has 7 heteroatoms. The quantitative estimate of drug-likeness (QED) is 0.458. The molecule has 28 heavy (non-hydrogen) atoms. The molecule has 0 aliphatic carbocycles. The van der Waals surface area contributed by atoms with Gasteiger partial charge in [-0.25, -0.2) is 9.48 Å². The highest BCUT2D eigenvalue weighted by atomic mass is 32.2. The van der Waals surface area contributed by atoms with Crippen LogP contribution in [0.3, 0.4) is 0 Å². The van der Waals surface area contributed by atoms with Gasteiger partial charge in [-0.3, -0.25) is 4.79 Å². The average molecular weight is 413 g/mol. The van der Waals surface area contributed by atoms with Gasteiger partial charge in [-0.05, 0) is 37.6 Å². The van der Waals surface area contributed by atoms with Crippen molar-refractivity contribution in [1.29, 1.82) is 0 Å². The van der Waals surface area contributed by atoms with E-state index in [0.29, 0.717) is 21.1 Å². The van der Waals surface area contributed by atoms with Gasteiger partial charge in [0.15, 0.2) is 5.69 Å². The van der Waals surface area contributed by atoms with Gasteiger partial charge in [0, 0.05) is 16.9 Å². The zero-order valence-corrected chi connectivity index (χ0v) is 17.3. The second kappa shape index (κ2) is 8.01. The van der Waals surface area contributed by atoms with Crippen molar-refractivity contribution < 1.29 is 9.53 Å². The van der Waals surface area contributed by atoms with Gasteiger partial charge < -0.3 is 4.74 Å². The summed E-state index contributed by atoms with van der Waals surface area (Å²) in [4.78, 5) is 25.5. The highest BCUT2D eigenvalue weighted by Crippen LogP contribution is 2.45. The number of benzene rings is 2. The van der Waals surface area contributed by atoms with Crippen LogP contribution in [0.15, 0.2) is 53.3 Å². The van der Waals surface area contributed by atoms with Crippen molar-refractivity contribution in [3.8, 4) is 5.75 Å². The molecule has 1 fully saturated rings. The van der Waals surface area contributed by atoms with E-state index >= 15 is 0 Å². The SMILES string of the molecule is CC(C)n1nc(C(=O)Oc2ccc(C3SCCS3)cc2)c2ccccc2c1=O. The number of fused-ring (bicyclic) bond motifs is 1. The number of nitrogens with zero attached hydrogens (tertiary/aromatic N) is 2. The number of esters is 1. The highest BCUT2D eigenvalue weighted by Gasteiger charge is 2.21. The summed E-state index contributed by atoms with van der Waals surface area (Å²) in [6.07, 6.45) is 0. The fraction of sp³-hybridized carbons (Fsp3) is 0.286. The molecule has 2 heterocycles. The summed E-state index contributed by atoms with van der Waals surface area (Å²) < 4.78 is 7.35. The molecule has 0 unspecified atom stereocenters. The lowest BCUT2D eigenvalue weighted by Crippen LogP contribution is -2.28. The topological polar surface area (TPSA) is 61.2 Å². The minimum absolute atomic E-state index is 0.148. The first kappa shape index (κ1) is 19.1. The van der Waals surface area contributed by atoms with Gasteiger partial charge in [-0.15, -0.1) is 23.5 Å². The van der Waals surface area contributed by atoms with Gasteiger partial charge in [0.1, 0.15) is 5.75 Å². The minimum atomic E-state index is -0.567. The number of thioether (sulfide) groups is 2. The van der Waals surface area contributed by atoms with E-state index < -0.39 is 5.97 Å². The summed E-state index contributed by atoms with van der Waals surface area (Å²) in [6.45, 7) is 3.71. The molecule has 0 amide bonds. The van der Waals surface area contributed by atoms with Crippen molar-refractivity contribution in [2.75, 3.05) is 11.5 Å². The Morgan fingerprint density at radius 3 is 2.36 bits per heavy atom. The Bertz CT molecular complexity index is 1070. The number of carbonyl (C=O) groups excluding carboxylic acids is 1. The molecule has 0 N–H and O–H groups in total. The Balaban J connectivity index is 1.65. The summed E-state index contributed by atoms with van der Waals surface area (Å²) in [5.41, 5.74) is 1.16. The normalized spacial score (nSPS) is 14.7. The second-order valence-electron chi connectivity index (χ2n) is 6.77. The highest BCUT2D eigenvalue weighted by molar-refractivity contribution is 8.19. The molecule has 5 nitrogen and oxygen atoms in total. The molecule has 0 radical (unpaired) electrons. The Hall–Kier alpha value is -2.25. The van der Waals surface area contributed by atoms with Crippen molar-refractivity contribution in [3.05, 3.63) is 70.1 Å². The standard InChI is InChI=1S/C21H20N2O3S2/c1-13(2)23-19(24)17-6-4-3-5-16(17)18(22-23)20(25)26-15-9-7-14(8-10-15)21-27-11-12-28-21/h3-10,13,21H,11-12H2,1-2H3. The molecular weight excluding hydrogens is 392 g/mol. The fourth-order valence-corrected chi connectivity index (χ4v) is 5.97. The van der Waals surface area contributed by atoms with Crippen LogP contribution in [-0.2, 0) is 0 Å². The predicted octanol–water partition coefficient (Wildman–Crippen LogP) is 4.68. The van der Waals surface area contributed by atoms with E-state index in [2.05, 4.69) is 5.10 Å². The second-order valence-corrected chi connectivity index (χ2v) is 9.49. The van der Waals surface area contributed by atoms with Crippen LogP contribution in [0.2, 0.25) is 0 Å². The molecule has 0 saturated carbocycles. The molecule has 3 aromatic rings. The van der Waals surface area contributed by atoms with E-state index in [-0.39, 0.29) is 17.3 Å². The van der Waals surface area contributed by atoms with Gasteiger partial charge in [-0.2, -0.15) is 5.10 Å². The molecule has 1 aliphatic heterocycles. The van der Waals surface area contributed by atoms with Gasteiger partial charge >= 0.3 is 5.97 Å². The molecule has 1 aromatic heterocycles. The maximum atomic E-state index is 12.8. The molecule has 0 spiro atoms. The van der Waals surface area contributed by atoms with E-state index in [1.807, 2.05) is 61.6 Å². The Labute approximate surface area is 171 Å². The summed E-state index contributed by atoms with van der Waals surface area (Å²) >= 11 is 3.86. The van der Waals surface area contributed by atoms with Crippen molar-refractivity contribution in [2.24, 2.45) is 0 Å². The summed E-state index contributed by atoms with van der Waals surface area (Å²) in [6, 6.07) is 14.5.